The molecule has 0 aliphatic heterocycles. The van der Waals surface area contributed by atoms with E-state index in [9.17, 15) is 4.79 Å². The van der Waals surface area contributed by atoms with Crippen molar-refractivity contribution in [1.29, 1.82) is 0 Å². The third-order valence-corrected chi connectivity index (χ3v) is 2.90. The summed E-state index contributed by atoms with van der Waals surface area (Å²) in [6.07, 6.45) is 1.29. The normalized spacial score (nSPS) is 9.89. The third kappa shape index (κ3) is 2.84. The Balaban J connectivity index is 2.19. The Hall–Kier alpha value is -1.95. The molecule has 6 heteroatoms. The Morgan fingerprint density at radius 1 is 1.33 bits per heavy atom. The van der Waals surface area contributed by atoms with Gasteiger partial charge in [-0.1, -0.05) is 12.1 Å². The van der Waals surface area contributed by atoms with E-state index in [1.54, 1.807) is 6.07 Å². The number of ether oxygens (including phenoxy) is 1. The van der Waals surface area contributed by atoms with Gasteiger partial charge in [-0.05, 0) is 28.1 Å². The maximum Gasteiger partial charge on any atom is 0.274 e. The van der Waals surface area contributed by atoms with Gasteiger partial charge in [0.05, 0.1) is 12.8 Å². The molecule has 1 N–H and O–H groups in total. The van der Waals surface area contributed by atoms with Crippen LogP contribution in [0.3, 0.4) is 0 Å². The minimum Gasteiger partial charge on any atom is -0.481 e. The fourth-order valence-corrected chi connectivity index (χ4v) is 1.71. The summed E-state index contributed by atoms with van der Waals surface area (Å²) < 4.78 is 5.74. The zero-order valence-corrected chi connectivity index (χ0v) is 11.1. The first-order valence-electron chi connectivity index (χ1n) is 5.12. The Bertz CT molecular complexity index is 575. The van der Waals surface area contributed by atoms with Crippen molar-refractivity contribution < 1.29 is 9.53 Å². The summed E-state index contributed by atoms with van der Waals surface area (Å²) in [4.78, 5) is 19.7. The maximum absolute atomic E-state index is 12.0. The quantitative estimate of drug-likeness (QED) is 0.946. The van der Waals surface area contributed by atoms with Crippen LogP contribution in [-0.4, -0.2) is 23.0 Å². The van der Waals surface area contributed by atoms with Crippen LogP contribution in [0, 0.1) is 0 Å². The van der Waals surface area contributed by atoms with E-state index in [1.807, 2.05) is 18.2 Å². The summed E-state index contributed by atoms with van der Waals surface area (Å²) in [6, 6.07) is 8.82. The zero-order valence-electron chi connectivity index (χ0n) is 9.55. The predicted octanol–water partition coefficient (Wildman–Crippen LogP) is 2.50. The monoisotopic (exact) mass is 307 g/mol. The van der Waals surface area contributed by atoms with Crippen molar-refractivity contribution in [2.24, 2.45) is 0 Å². The number of aromatic nitrogens is 2. The smallest absolute Gasteiger partial charge is 0.274 e. The number of carbonyl (C=O) groups excluding carboxylic acids is 1. The lowest BCUT2D eigenvalue weighted by Crippen LogP contribution is -2.14. The Morgan fingerprint density at radius 3 is 2.83 bits per heavy atom. The van der Waals surface area contributed by atoms with Crippen LogP contribution in [0.4, 0.5) is 5.69 Å². The number of benzene rings is 1. The number of methoxy groups -OCH3 is 1. The minimum atomic E-state index is -0.317. The van der Waals surface area contributed by atoms with E-state index in [-0.39, 0.29) is 11.6 Å². The Morgan fingerprint density at radius 2 is 2.11 bits per heavy atom. The number of anilines is 1. The summed E-state index contributed by atoms with van der Waals surface area (Å²) in [6.45, 7) is 0. The number of amides is 1. The van der Waals surface area contributed by atoms with Crippen molar-refractivity contribution in [3.63, 3.8) is 0 Å². The molecule has 2 aromatic rings. The van der Waals surface area contributed by atoms with Crippen LogP contribution in [0.5, 0.6) is 5.88 Å². The second-order valence-corrected chi connectivity index (χ2v) is 4.23. The number of hydrogen-bond donors (Lipinski definition) is 1. The topological polar surface area (TPSA) is 64.1 Å². The van der Waals surface area contributed by atoms with Crippen molar-refractivity contribution in [2.45, 2.75) is 0 Å². The first-order valence-corrected chi connectivity index (χ1v) is 5.92. The molecule has 1 heterocycles. The van der Waals surface area contributed by atoms with Crippen LogP contribution in [-0.2, 0) is 0 Å². The van der Waals surface area contributed by atoms with Crippen molar-refractivity contribution in [1.82, 2.24) is 9.97 Å². The molecule has 0 atom stereocenters. The van der Waals surface area contributed by atoms with Gasteiger partial charge >= 0.3 is 0 Å². The molecule has 1 amide bonds. The summed E-state index contributed by atoms with van der Waals surface area (Å²) in [5.41, 5.74) is 0.928. The van der Waals surface area contributed by atoms with E-state index in [1.165, 1.54) is 19.5 Å². The number of hydrogen-bond acceptors (Lipinski definition) is 4. The molecule has 92 valence electrons. The third-order valence-electron chi connectivity index (χ3n) is 2.21. The molecule has 1 aromatic heterocycles. The van der Waals surface area contributed by atoms with Crippen LogP contribution in [0.15, 0.2) is 41.1 Å². The van der Waals surface area contributed by atoms with Gasteiger partial charge in [0.2, 0.25) is 5.88 Å². The molecule has 0 unspecified atom stereocenters. The molecule has 0 saturated heterocycles. The SMILES string of the molecule is COc1cc(C(=O)Nc2ccccc2Br)ncn1. The van der Waals surface area contributed by atoms with Gasteiger partial charge in [0.25, 0.3) is 5.91 Å². The lowest BCUT2D eigenvalue weighted by atomic mass is 10.3. The summed E-state index contributed by atoms with van der Waals surface area (Å²) in [5.74, 6) is 0.0323. The van der Waals surface area contributed by atoms with Crippen molar-refractivity contribution in [3.8, 4) is 5.88 Å². The van der Waals surface area contributed by atoms with Gasteiger partial charge in [0.1, 0.15) is 12.0 Å². The summed E-state index contributed by atoms with van der Waals surface area (Å²) in [5, 5.41) is 2.75. The minimum absolute atomic E-state index is 0.248. The summed E-state index contributed by atoms with van der Waals surface area (Å²) in [7, 11) is 1.48. The molecule has 0 saturated carbocycles. The van der Waals surface area contributed by atoms with E-state index < -0.39 is 0 Å². The highest BCUT2D eigenvalue weighted by Gasteiger charge is 2.10. The van der Waals surface area contributed by atoms with Crippen LogP contribution < -0.4 is 10.1 Å². The molecule has 5 nitrogen and oxygen atoms in total. The van der Waals surface area contributed by atoms with Crippen LogP contribution >= 0.6 is 15.9 Å². The van der Waals surface area contributed by atoms with E-state index in [2.05, 4.69) is 31.2 Å². The van der Waals surface area contributed by atoms with Gasteiger partial charge in [-0.25, -0.2) is 9.97 Å². The molecule has 0 radical (unpaired) electrons. The number of halogens is 1. The van der Waals surface area contributed by atoms with Gasteiger partial charge in [0.15, 0.2) is 0 Å². The van der Waals surface area contributed by atoms with E-state index >= 15 is 0 Å². The van der Waals surface area contributed by atoms with Crippen LogP contribution in [0.25, 0.3) is 0 Å². The fourth-order valence-electron chi connectivity index (χ4n) is 1.32. The highest BCUT2D eigenvalue weighted by molar-refractivity contribution is 9.10. The Kier molecular flexibility index (Phi) is 3.88. The first-order chi connectivity index (χ1) is 8.70. The molecule has 0 bridgehead atoms. The highest BCUT2D eigenvalue weighted by Crippen LogP contribution is 2.21. The van der Waals surface area contributed by atoms with Crippen LogP contribution in [0.2, 0.25) is 0 Å². The van der Waals surface area contributed by atoms with Gasteiger partial charge in [0, 0.05) is 10.5 Å². The lowest BCUT2D eigenvalue weighted by Gasteiger charge is -2.06. The Labute approximate surface area is 112 Å². The second-order valence-electron chi connectivity index (χ2n) is 3.38. The highest BCUT2D eigenvalue weighted by atomic mass is 79.9. The molecule has 0 aliphatic rings. The number of nitrogens with one attached hydrogen (secondary N) is 1. The molecule has 18 heavy (non-hydrogen) atoms. The van der Waals surface area contributed by atoms with Gasteiger partial charge in [-0.2, -0.15) is 0 Å². The molecule has 0 spiro atoms. The van der Waals surface area contributed by atoms with Gasteiger partial charge in [-0.15, -0.1) is 0 Å². The zero-order chi connectivity index (χ0) is 13.0. The van der Waals surface area contributed by atoms with Crippen molar-refractivity contribution >= 4 is 27.5 Å². The number of rotatable bonds is 3. The average molecular weight is 308 g/mol. The van der Waals surface area contributed by atoms with E-state index in [0.29, 0.717) is 11.6 Å². The fraction of sp³-hybridized carbons (Fsp3) is 0.0833. The molecule has 0 fully saturated rings. The first kappa shape index (κ1) is 12.5. The number of nitrogens with zero attached hydrogens (tertiary/aromatic N) is 2. The lowest BCUT2D eigenvalue weighted by molar-refractivity contribution is 0.102. The van der Waals surface area contributed by atoms with Crippen molar-refractivity contribution in [2.75, 3.05) is 12.4 Å². The number of carbonyl (C=O) groups is 1. The maximum atomic E-state index is 12.0. The largest absolute Gasteiger partial charge is 0.481 e. The molecule has 2 rings (SSSR count). The standard InChI is InChI=1S/C12H10BrN3O2/c1-18-11-6-10(14-7-15-11)12(17)16-9-5-3-2-4-8(9)13/h2-7H,1H3,(H,16,17). The van der Waals surface area contributed by atoms with Gasteiger partial charge < -0.3 is 10.1 Å². The predicted molar refractivity (Wildman–Crippen MR) is 70.7 cm³/mol. The summed E-state index contributed by atoms with van der Waals surface area (Å²) >= 11 is 3.35. The average Bonchev–Trinajstić information content (AvgIpc) is 2.41. The molecule has 0 aliphatic carbocycles. The van der Waals surface area contributed by atoms with Gasteiger partial charge in [-0.3, -0.25) is 4.79 Å². The van der Waals surface area contributed by atoms with Crippen LogP contribution in [0.1, 0.15) is 10.5 Å². The van der Waals surface area contributed by atoms with Crippen molar-refractivity contribution in [3.05, 3.63) is 46.8 Å². The molecular weight excluding hydrogens is 298 g/mol. The van der Waals surface area contributed by atoms with E-state index in [4.69, 9.17) is 4.74 Å². The molecular formula is C12H10BrN3O2. The second kappa shape index (κ2) is 5.59. The van der Waals surface area contributed by atoms with E-state index in [0.717, 1.165) is 4.47 Å². The number of para-hydroxylation sites is 1. The molecule has 1 aromatic carbocycles.